The van der Waals surface area contributed by atoms with Crippen molar-refractivity contribution in [1.29, 1.82) is 0 Å². The Hall–Kier alpha value is -0.570. The van der Waals surface area contributed by atoms with Crippen molar-refractivity contribution in [2.24, 2.45) is 11.7 Å². The lowest BCUT2D eigenvalue weighted by Gasteiger charge is -2.25. The van der Waals surface area contributed by atoms with Crippen LogP contribution in [0.5, 0.6) is 0 Å². The van der Waals surface area contributed by atoms with Crippen LogP contribution in [0.15, 0.2) is 0 Å². The van der Waals surface area contributed by atoms with Crippen molar-refractivity contribution in [2.75, 3.05) is 0 Å². The average Bonchev–Trinajstić information content (AvgIpc) is 2.74. The Bertz CT molecular complexity index is 215. The van der Waals surface area contributed by atoms with Crippen molar-refractivity contribution < 1.29 is 9.53 Å². The third kappa shape index (κ3) is 2.08. The van der Waals surface area contributed by atoms with Crippen molar-refractivity contribution >= 4 is 5.97 Å². The number of hydrogen-bond acceptors (Lipinski definition) is 3. The van der Waals surface area contributed by atoms with Crippen molar-refractivity contribution in [2.45, 2.75) is 57.1 Å². The molecule has 2 rings (SSSR count). The van der Waals surface area contributed by atoms with E-state index < -0.39 is 5.72 Å². The van der Waals surface area contributed by atoms with Crippen LogP contribution in [0.3, 0.4) is 0 Å². The maximum Gasteiger partial charge on any atom is 0.310 e. The maximum absolute atomic E-state index is 11.7. The van der Waals surface area contributed by atoms with Gasteiger partial charge >= 0.3 is 5.97 Å². The van der Waals surface area contributed by atoms with Gasteiger partial charge < -0.3 is 4.74 Å². The standard InChI is InChI=1S/C11H19NO2/c12-11(7-3-4-8-11)14-10(13)9-5-1-2-6-9/h9H,1-8,12H2. The SMILES string of the molecule is NC1(OC(=O)C2CCCC2)CCCC1. The molecule has 0 atom stereocenters. The van der Waals surface area contributed by atoms with Crippen LogP contribution in [0.1, 0.15) is 51.4 Å². The van der Waals surface area contributed by atoms with E-state index >= 15 is 0 Å². The van der Waals surface area contributed by atoms with Gasteiger partial charge in [0, 0.05) is 12.8 Å². The van der Waals surface area contributed by atoms with E-state index in [0.29, 0.717) is 0 Å². The summed E-state index contributed by atoms with van der Waals surface area (Å²) in [6, 6.07) is 0. The number of nitrogens with two attached hydrogens (primary N) is 1. The Morgan fingerprint density at radius 2 is 1.71 bits per heavy atom. The van der Waals surface area contributed by atoms with E-state index in [1.54, 1.807) is 0 Å². The third-order valence-electron chi connectivity index (χ3n) is 3.44. The molecule has 3 nitrogen and oxygen atoms in total. The van der Waals surface area contributed by atoms with E-state index in [2.05, 4.69) is 0 Å². The minimum atomic E-state index is -0.625. The molecular weight excluding hydrogens is 178 g/mol. The normalized spacial score (nSPS) is 26.6. The number of hydrogen-bond donors (Lipinski definition) is 1. The van der Waals surface area contributed by atoms with E-state index in [1.807, 2.05) is 0 Å². The van der Waals surface area contributed by atoms with Gasteiger partial charge in [-0.1, -0.05) is 12.8 Å². The summed E-state index contributed by atoms with van der Waals surface area (Å²) in [6.07, 6.45) is 8.18. The van der Waals surface area contributed by atoms with Gasteiger partial charge in [0.25, 0.3) is 0 Å². The van der Waals surface area contributed by atoms with Crippen LogP contribution >= 0.6 is 0 Å². The van der Waals surface area contributed by atoms with Crippen molar-refractivity contribution in [3.63, 3.8) is 0 Å². The fourth-order valence-electron chi connectivity index (χ4n) is 2.52. The van der Waals surface area contributed by atoms with E-state index in [0.717, 1.165) is 51.4 Å². The molecule has 2 aliphatic rings. The monoisotopic (exact) mass is 197 g/mol. The van der Waals surface area contributed by atoms with E-state index in [-0.39, 0.29) is 11.9 Å². The van der Waals surface area contributed by atoms with Crippen molar-refractivity contribution in [1.82, 2.24) is 0 Å². The fourth-order valence-corrected chi connectivity index (χ4v) is 2.52. The van der Waals surface area contributed by atoms with Crippen LogP contribution < -0.4 is 5.73 Å². The summed E-state index contributed by atoms with van der Waals surface area (Å²) in [5, 5.41) is 0. The fraction of sp³-hybridized carbons (Fsp3) is 0.909. The molecule has 0 aromatic heterocycles. The van der Waals surface area contributed by atoms with Gasteiger partial charge in [0.15, 0.2) is 5.72 Å². The first kappa shape index (κ1) is 9.97. The zero-order valence-electron chi connectivity index (χ0n) is 8.63. The molecule has 0 radical (unpaired) electrons. The molecule has 0 aromatic rings. The molecule has 3 heteroatoms. The Kier molecular flexibility index (Phi) is 2.77. The zero-order valence-corrected chi connectivity index (χ0v) is 8.63. The zero-order chi connectivity index (χ0) is 10.0. The molecule has 0 spiro atoms. The molecule has 2 saturated carbocycles. The topological polar surface area (TPSA) is 52.3 Å². The molecule has 2 N–H and O–H groups in total. The smallest absolute Gasteiger partial charge is 0.310 e. The van der Waals surface area contributed by atoms with Crippen molar-refractivity contribution in [3.05, 3.63) is 0 Å². The highest BCUT2D eigenvalue weighted by molar-refractivity contribution is 5.73. The Labute approximate surface area is 85.0 Å². The third-order valence-corrected chi connectivity index (χ3v) is 3.44. The van der Waals surface area contributed by atoms with Gasteiger partial charge in [-0.15, -0.1) is 0 Å². The summed E-state index contributed by atoms with van der Waals surface area (Å²) in [6.45, 7) is 0. The Morgan fingerprint density at radius 1 is 1.14 bits per heavy atom. The molecule has 2 aliphatic carbocycles. The number of ether oxygens (including phenoxy) is 1. The van der Waals surface area contributed by atoms with Crippen LogP contribution in [0.4, 0.5) is 0 Å². The van der Waals surface area contributed by atoms with Crippen LogP contribution in [0.25, 0.3) is 0 Å². The maximum atomic E-state index is 11.7. The molecule has 14 heavy (non-hydrogen) atoms. The lowest BCUT2D eigenvalue weighted by molar-refractivity contribution is -0.163. The number of rotatable bonds is 2. The minimum Gasteiger partial charge on any atom is -0.444 e. The number of carbonyl (C=O) groups excluding carboxylic acids is 1. The Morgan fingerprint density at radius 3 is 2.29 bits per heavy atom. The minimum absolute atomic E-state index is 0.0492. The average molecular weight is 197 g/mol. The van der Waals surface area contributed by atoms with E-state index in [9.17, 15) is 4.79 Å². The quantitative estimate of drug-likeness (QED) is 0.543. The molecule has 2 fully saturated rings. The van der Waals surface area contributed by atoms with Gasteiger partial charge in [0.1, 0.15) is 0 Å². The highest BCUT2D eigenvalue weighted by Gasteiger charge is 2.36. The van der Waals surface area contributed by atoms with Crippen LogP contribution in [0, 0.1) is 5.92 Å². The van der Waals surface area contributed by atoms with Crippen LogP contribution in [-0.4, -0.2) is 11.7 Å². The highest BCUT2D eigenvalue weighted by Crippen LogP contribution is 2.32. The number of esters is 1. The van der Waals surface area contributed by atoms with Gasteiger partial charge in [-0.3, -0.25) is 10.5 Å². The lowest BCUT2D eigenvalue weighted by Crippen LogP contribution is -2.42. The molecule has 0 bridgehead atoms. The summed E-state index contributed by atoms with van der Waals surface area (Å²) in [5.41, 5.74) is 5.36. The predicted octanol–water partition coefficient (Wildman–Crippen LogP) is 1.95. The first-order valence-corrected chi connectivity index (χ1v) is 5.71. The second-order valence-corrected chi connectivity index (χ2v) is 4.67. The van der Waals surface area contributed by atoms with Gasteiger partial charge in [0.05, 0.1) is 5.92 Å². The molecular formula is C11H19NO2. The van der Waals surface area contributed by atoms with E-state index in [1.165, 1.54) is 0 Å². The Balaban J connectivity index is 1.86. The summed E-state index contributed by atoms with van der Waals surface area (Å²) in [5.74, 6) is 0.0860. The summed E-state index contributed by atoms with van der Waals surface area (Å²) < 4.78 is 5.42. The van der Waals surface area contributed by atoms with Gasteiger partial charge in [0.2, 0.25) is 0 Å². The molecule has 0 saturated heterocycles. The lowest BCUT2D eigenvalue weighted by atomic mass is 10.1. The highest BCUT2D eigenvalue weighted by atomic mass is 16.6. The summed E-state index contributed by atoms with van der Waals surface area (Å²) in [7, 11) is 0. The van der Waals surface area contributed by atoms with Crippen LogP contribution in [0.2, 0.25) is 0 Å². The second kappa shape index (κ2) is 3.89. The second-order valence-electron chi connectivity index (χ2n) is 4.67. The van der Waals surface area contributed by atoms with Crippen LogP contribution in [-0.2, 0) is 9.53 Å². The van der Waals surface area contributed by atoms with E-state index in [4.69, 9.17) is 10.5 Å². The molecule has 0 heterocycles. The first-order valence-electron chi connectivity index (χ1n) is 5.71. The predicted molar refractivity (Wildman–Crippen MR) is 53.4 cm³/mol. The molecule has 0 aromatic carbocycles. The molecule has 80 valence electrons. The largest absolute Gasteiger partial charge is 0.444 e. The van der Waals surface area contributed by atoms with Gasteiger partial charge in [-0.25, -0.2) is 0 Å². The molecule has 0 amide bonds. The first-order chi connectivity index (χ1) is 6.70. The van der Waals surface area contributed by atoms with Gasteiger partial charge in [-0.2, -0.15) is 0 Å². The molecule has 0 unspecified atom stereocenters. The number of carbonyl (C=O) groups is 1. The van der Waals surface area contributed by atoms with Crippen molar-refractivity contribution in [3.8, 4) is 0 Å². The summed E-state index contributed by atoms with van der Waals surface area (Å²) >= 11 is 0. The summed E-state index contributed by atoms with van der Waals surface area (Å²) in [4.78, 5) is 11.7. The van der Waals surface area contributed by atoms with Gasteiger partial charge in [-0.05, 0) is 25.7 Å². The molecule has 0 aliphatic heterocycles.